The molecule has 1 amide bonds. The van der Waals surface area contributed by atoms with Crippen molar-refractivity contribution in [2.45, 2.75) is 38.2 Å². The zero-order valence-electron chi connectivity index (χ0n) is 18.5. The zero-order valence-corrected chi connectivity index (χ0v) is 18.5. The van der Waals surface area contributed by atoms with Gasteiger partial charge in [-0.15, -0.1) is 0 Å². The summed E-state index contributed by atoms with van der Waals surface area (Å²) >= 11 is 0. The predicted octanol–water partition coefficient (Wildman–Crippen LogP) is 1.59. The maximum Gasteiger partial charge on any atom is 0.435 e. The first-order valence-electron chi connectivity index (χ1n) is 10.8. The van der Waals surface area contributed by atoms with E-state index in [2.05, 4.69) is 10.1 Å². The van der Waals surface area contributed by atoms with Gasteiger partial charge in [0.05, 0.1) is 19.2 Å². The first-order chi connectivity index (χ1) is 16.6. The number of carbonyl (C=O) groups excluding carboxylic acids is 1. The van der Waals surface area contributed by atoms with Crippen LogP contribution in [0.1, 0.15) is 24.1 Å². The van der Waals surface area contributed by atoms with E-state index in [1.807, 2.05) is 0 Å². The number of anilines is 2. The second kappa shape index (κ2) is 9.78. The molecule has 1 aliphatic rings. The van der Waals surface area contributed by atoms with Crippen LogP contribution in [0.2, 0.25) is 0 Å². The highest BCUT2D eigenvalue weighted by Crippen LogP contribution is 2.27. The van der Waals surface area contributed by atoms with E-state index in [4.69, 9.17) is 10.5 Å². The number of ether oxygens (including phenoxy) is 1. The highest BCUT2D eigenvalue weighted by Gasteiger charge is 2.34. The molecule has 0 bridgehead atoms. The van der Waals surface area contributed by atoms with E-state index in [1.165, 1.54) is 0 Å². The van der Waals surface area contributed by atoms with Crippen LogP contribution in [0.5, 0.6) is 0 Å². The van der Waals surface area contributed by atoms with Gasteiger partial charge in [0.25, 0.3) is 5.56 Å². The van der Waals surface area contributed by atoms with E-state index < -0.39 is 41.7 Å². The van der Waals surface area contributed by atoms with E-state index >= 15 is 0 Å². The molecule has 3 aromatic rings. The molecule has 3 N–H and O–H groups in total. The summed E-state index contributed by atoms with van der Waals surface area (Å²) in [6.07, 6.45) is -2.68. The molecule has 35 heavy (non-hydrogen) atoms. The van der Waals surface area contributed by atoms with Crippen LogP contribution in [0, 0.1) is 0 Å². The zero-order chi connectivity index (χ0) is 25.2. The second-order valence-electron chi connectivity index (χ2n) is 8.10. The fourth-order valence-corrected chi connectivity index (χ4v) is 3.90. The summed E-state index contributed by atoms with van der Waals surface area (Å²) in [6, 6.07) is 9.63. The minimum Gasteiger partial charge on any atom is -0.383 e. The normalized spacial score (nSPS) is 15.9. The first-order valence-corrected chi connectivity index (χ1v) is 10.8. The standard InChI is InChI=1S/C22H23F3N6O4/c23-22(24,25)16-8-9-29(28-16)13-17(32)30(12-15-7-4-10-35-15)18-19(26)31(21(34)27-20(18)33)11-14-5-2-1-3-6-14/h1-3,5-6,8-9,15H,4,7,10-13,26H2,(H,27,33,34)/t15-/m0/s1. The summed E-state index contributed by atoms with van der Waals surface area (Å²) in [5, 5.41) is 3.40. The summed E-state index contributed by atoms with van der Waals surface area (Å²) in [6.45, 7) is -0.145. The first kappa shape index (κ1) is 24.3. The van der Waals surface area contributed by atoms with Gasteiger partial charge in [-0.2, -0.15) is 18.3 Å². The number of nitrogens with two attached hydrogens (primary N) is 1. The Labute approximate surface area is 196 Å². The summed E-state index contributed by atoms with van der Waals surface area (Å²) in [5.74, 6) is -0.982. The third-order valence-electron chi connectivity index (χ3n) is 5.61. The minimum absolute atomic E-state index is 0.0331. The van der Waals surface area contributed by atoms with Crippen molar-refractivity contribution in [1.82, 2.24) is 19.3 Å². The van der Waals surface area contributed by atoms with Gasteiger partial charge in [0.1, 0.15) is 12.4 Å². The molecule has 1 saturated heterocycles. The molecule has 0 aliphatic carbocycles. The van der Waals surface area contributed by atoms with Crippen molar-refractivity contribution in [3.8, 4) is 0 Å². The van der Waals surface area contributed by atoms with Gasteiger partial charge in [0.15, 0.2) is 11.4 Å². The van der Waals surface area contributed by atoms with E-state index in [9.17, 15) is 27.6 Å². The molecule has 1 aromatic carbocycles. The van der Waals surface area contributed by atoms with Crippen LogP contribution < -0.4 is 21.9 Å². The summed E-state index contributed by atoms with van der Waals surface area (Å²) < 4.78 is 46.3. The maximum absolute atomic E-state index is 13.3. The monoisotopic (exact) mass is 492 g/mol. The smallest absolute Gasteiger partial charge is 0.383 e. The van der Waals surface area contributed by atoms with Gasteiger partial charge in [0.2, 0.25) is 5.91 Å². The van der Waals surface area contributed by atoms with Crippen molar-refractivity contribution < 1.29 is 22.7 Å². The molecule has 0 saturated carbocycles. The van der Waals surface area contributed by atoms with Crippen LogP contribution in [-0.4, -0.2) is 44.5 Å². The van der Waals surface area contributed by atoms with Gasteiger partial charge < -0.3 is 15.4 Å². The number of carbonyl (C=O) groups is 1. The second-order valence-corrected chi connectivity index (χ2v) is 8.10. The number of rotatable bonds is 7. The Kier molecular flexibility index (Phi) is 6.78. The highest BCUT2D eigenvalue weighted by atomic mass is 19.4. The topological polar surface area (TPSA) is 128 Å². The number of nitrogen functional groups attached to an aromatic ring is 1. The molecular weight excluding hydrogens is 469 g/mol. The third-order valence-corrected chi connectivity index (χ3v) is 5.61. The Bertz CT molecular complexity index is 1310. The SMILES string of the molecule is Nc1c(N(C[C@@H]2CCCO2)C(=O)Cn2ccc(C(F)(F)F)n2)c(=O)[nH]c(=O)n1Cc1ccccc1. The van der Waals surface area contributed by atoms with Crippen LogP contribution >= 0.6 is 0 Å². The van der Waals surface area contributed by atoms with Crippen molar-refractivity contribution in [3.63, 3.8) is 0 Å². The molecule has 0 spiro atoms. The lowest BCUT2D eigenvalue weighted by atomic mass is 10.2. The number of aromatic nitrogens is 4. The number of H-pyrrole nitrogens is 1. The highest BCUT2D eigenvalue weighted by molar-refractivity contribution is 5.95. The molecule has 2 aromatic heterocycles. The molecule has 10 nitrogen and oxygen atoms in total. The van der Waals surface area contributed by atoms with Crippen LogP contribution in [0.25, 0.3) is 0 Å². The number of hydrogen-bond acceptors (Lipinski definition) is 6. The number of halogens is 3. The molecular formula is C22H23F3N6O4. The molecule has 3 heterocycles. The number of nitrogens with zero attached hydrogens (tertiary/aromatic N) is 4. The van der Waals surface area contributed by atoms with Crippen LogP contribution in [0.4, 0.5) is 24.7 Å². The Morgan fingerprint density at radius 3 is 2.60 bits per heavy atom. The lowest BCUT2D eigenvalue weighted by Crippen LogP contribution is -2.45. The summed E-state index contributed by atoms with van der Waals surface area (Å²) in [5.41, 5.74) is 3.90. The number of nitrogens with one attached hydrogen (secondary N) is 1. The van der Waals surface area contributed by atoms with Gasteiger partial charge in [-0.1, -0.05) is 30.3 Å². The van der Waals surface area contributed by atoms with Crippen molar-refractivity contribution in [2.75, 3.05) is 23.8 Å². The number of amides is 1. The van der Waals surface area contributed by atoms with Gasteiger partial charge >= 0.3 is 11.9 Å². The molecule has 1 aliphatic heterocycles. The molecule has 0 radical (unpaired) electrons. The minimum atomic E-state index is -4.67. The Morgan fingerprint density at radius 1 is 1.23 bits per heavy atom. The third kappa shape index (κ3) is 5.45. The van der Waals surface area contributed by atoms with Gasteiger partial charge in [0, 0.05) is 12.8 Å². The van der Waals surface area contributed by atoms with E-state index in [0.717, 1.165) is 38.4 Å². The largest absolute Gasteiger partial charge is 0.435 e. The van der Waals surface area contributed by atoms with Crippen LogP contribution in [0.15, 0.2) is 52.2 Å². The van der Waals surface area contributed by atoms with Crippen molar-refractivity contribution in [1.29, 1.82) is 0 Å². The Morgan fingerprint density at radius 2 is 1.97 bits per heavy atom. The fourth-order valence-electron chi connectivity index (χ4n) is 3.90. The summed E-state index contributed by atoms with van der Waals surface area (Å²) in [7, 11) is 0. The van der Waals surface area contributed by atoms with Gasteiger partial charge in [-0.25, -0.2) is 4.79 Å². The average Bonchev–Trinajstić information content (AvgIpc) is 3.48. The predicted molar refractivity (Wildman–Crippen MR) is 120 cm³/mol. The molecule has 13 heteroatoms. The van der Waals surface area contributed by atoms with E-state index in [0.29, 0.717) is 13.0 Å². The number of hydrogen-bond donors (Lipinski definition) is 2. The van der Waals surface area contributed by atoms with Crippen LogP contribution in [0.3, 0.4) is 0 Å². The fraction of sp³-hybridized carbons (Fsp3) is 0.364. The molecule has 1 atom stereocenters. The number of alkyl halides is 3. The Hall–Kier alpha value is -3.87. The molecule has 4 rings (SSSR count). The summed E-state index contributed by atoms with van der Waals surface area (Å²) in [4.78, 5) is 41.8. The van der Waals surface area contributed by atoms with E-state index in [-0.39, 0.29) is 24.6 Å². The van der Waals surface area contributed by atoms with Crippen molar-refractivity contribution >= 4 is 17.4 Å². The lowest BCUT2D eigenvalue weighted by molar-refractivity contribution is -0.141. The molecule has 186 valence electrons. The van der Waals surface area contributed by atoms with Crippen molar-refractivity contribution in [2.24, 2.45) is 0 Å². The van der Waals surface area contributed by atoms with E-state index in [1.54, 1.807) is 30.3 Å². The number of benzene rings is 1. The molecule has 0 unspecified atom stereocenters. The van der Waals surface area contributed by atoms with Gasteiger partial charge in [-0.3, -0.25) is 23.8 Å². The van der Waals surface area contributed by atoms with Crippen LogP contribution in [-0.2, 0) is 28.8 Å². The Balaban J connectivity index is 1.71. The number of aromatic amines is 1. The quantitative estimate of drug-likeness (QED) is 0.516. The van der Waals surface area contributed by atoms with Gasteiger partial charge in [-0.05, 0) is 24.5 Å². The van der Waals surface area contributed by atoms with Crippen molar-refractivity contribution in [3.05, 3.63) is 74.7 Å². The molecule has 1 fully saturated rings. The average molecular weight is 492 g/mol. The maximum atomic E-state index is 13.3. The lowest BCUT2D eigenvalue weighted by Gasteiger charge is -2.26.